The molecule has 1 aliphatic rings. The molecule has 4 aromatic rings. The van der Waals surface area contributed by atoms with E-state index in [4.69, 9.17) is 23.2 Å². The lowest BCUT2D eigenvalue weighted by Gasteiger charge is -2.37. The highest BCUT2D eigenvalue weighted by Crippen LogP contribution is 2.33. The van der Waals surface area contributed by atoms with Gasteiger partial charge in [0.05, 0.1) is 26.7 Å². The summed E-state index contributed by atoms with van der Waals surface area (Å²) >= 11 is 12.6. The van der Waals surface area contributed by atoms with Gasteiger partial charge in [0.2, 0.25) is 0 Å². The molecule has 0 aliphatic carbocycles. The number of nitrogens with zero attached hydrogens (tertiary/aromatic N) is 6. The molecule has 4 heterocycles. The number of carbonyl (C=O) groups excluding carboxylic acids is 1. The zero-order valence-corrected chi connectivity index (χ0v) is 18.0. The summed E-state index contributed by atoms with van der Waals surface area (Å²) in [5.74, 6) is 0.646. The molecule has 9 heteroatoms. The van der Waals surface area contributed by atoms with Crippen LogP contribution in [0, 0.1) is 0 Å². The van der Waals surface area contributed by atoms with Crippen molar-refractivity contribution in [2.45, 2.75) is 0 Å². The van der Waals surface area contributed by atoms with Crippen LogP contribution < -0.4 is 9.80 Å². The smallest absolute Gasteiger partial charge is 0.265 e. The van der Waals surface area contributed by atoms with Crippen molar-refractivity contribution in [2.75, 3.05) is 36.0 Å². The molecule has 7 nitrogen and oxygen atoms in total. The lowest BCUT2D eigenvalue weighted by molar-refractivity contribution is 0.0964. The highest BCUT2D eigenvalue weighted by atomic mass is 35.5. The van der Waals surface area contributed by atoms with Crippen LogP contribution in [-0.4, -0.2) is 51.6 Å². The first-order valence-electron chi connectivity index (χ1n) is 9.84. The van der Waals surface area contributed by atoms with Crippen molar-refractivity contribution in [1.82, 2.24) is 19.5 Å². The Labute approximate surface area is 188 Å². The minimum atomic E-state index is -0.173. The highest BCUT2D eigenvalue weighted by Gasteiger charge is 2.23. The predicted molar refractivity (Wildman–Crippen MR) is 122 cm³/mol. The second-order valence-electron chi connectivity index (χ2n) is 7.21. The van der Waals surface area contributed by atoms with Crippen molar-refractivity contribution < 1.29 is 4.79 Å². The maximum atomic E-state index is 12.9. The van der Waals surface area contributed by atoms with Gasteiger partial charge in [0.1, 0.15) is 12.1 Å². The minimum absolute atomic E-state index is 0.173. The molecule has 156 valence electrons. The maximum Gasteiger partial charge on any atom is 0.265 e. The number of hydrogen-bond donors (Lipinski definition) is 0. The lowest BCUT2D eigenvalue weighted by atomic mass is 10.2. The summed E-state index contributed by atoms with van der Waals surface area (Å²) in [5.41, 5.74) is 2.03. The molecular formula is C22H18Cl2N6O. The van der Waals surface area contributed by atoms with Gasteiger partial charge in [-0.2, -0.15) is 0 Å². The van der Waals surface area contributed by atoms with Crippen LogP contribution in [0.25, 0.3) is 11.0 Å². The fraction of sp³-hybridized carbons (Fsp3) is 0.182. The quantitative estimate of drug-likeness (QED) is 0.465. The molecule has 0 bridgehead atoms. The van der Waals surface area contributed by atoms with E-state index in [0.717, 1.165) is 43.1 Å². The summed E-state index contributed by atoms with van der Waals surface area (Å²) in [6, 6.07) is 11.1. The normalized spacial score (nSPS) is 14.3. The number of fused-ring (bicyclic) bond motifs is 1. The number of carbonyl (C=O) groups is 1. The Hall–Kier alpha value is -3.16. The number of benzene rings is 1. The Morgan fingerprint density at radius 2 is 1.74 bits per heavy atom. The number of halogens is 2. The Morgan fingerprint density at radius 1 is 0.935 bits per heavy atom. The van der Waals surface area contributed by atoms with Crippen molar-refractivity contribution in [1.29, 1.82) is 0 Å². The molecule has 5 rings (SSSR count). The van der Waals surface area contributed by atoms with Gasteiger partial charge in [-0.1, -0.05) is 29.3 Å². The van der Waals surface area contributed by atoms with E-state index in [1.807, 2.05) is 18.2 Å². The molecule has 0 N–H and O–H groups in total. The second kappa shape index (κ2) is 8.17. The second-order valence-corrected chi connectivity index (χ2v) is 8.00. The number of hydrogen-bond acceptors (Lipinski definition) is 6. The average Bonchev–Trinajstić information content (AvgIpc) is 3.25. The Kier molecular flexibility index (Phi) is 5.21. The van der Waals surface area contributed by atoms with Crippen molar-refractivity contribution >= 4 is 51.6 Å². The van der Waals surface area contributed by atoms with E-state index in [0.29, 0.717) is 21.3 Å². The highest BCUT2D eigenvalue weighted by molar-refractivity contribution is 6.43. The zero-order chi connectivity index (χ0) is 21.4. The van der Waals surface area contributed by atoms with Gasteiger partial charge in [0, 0.05) is 44.8 Å². The van der Waals surface area contributed by atoms with Gasteiger partial charge in [0.25, 0.3) is 5.91 Å². The van der Waals surface area contributed by atoms with Gasteiger partial charge in [-0.15, -0.1) is 0 Å². The number of pyridine rings is 1. The third kappa shape index (κ3) is 3.60. The number of aromatic nitrogens is 4. The predicted octanol–water partition coefficient (Wildman–Crippen LogP) is 4.15. The van der Waals surface area contributed by atoms with E-state index in [1.165, 1.54) is 6.33 Å². The van der Waals surface area contributed by atoms with Crippen LogP contribution in [0.5, 0.6) is 0 Å². The average molecular weight is 453 g/mol. The minimum Gasteiger partial charge on any atom is -0.367 e. The molecule has 0 atom stereocenters. The van der Waals surface area contributed by atoms with Crippen LogP contribution in [0.4, 0.5) is 11.5 Å². The van der Waals surface area contributed by atoms with Crippen LogP contribution in [-0.2, 0) is 0 Å². The molecule has 0 unspecified atom stereocenters. The van der Waals surface area contributed by atoms with Crippen LogP contribution in [0.1, 0.15) is 10.4 Å². The van der Waals surface area contributed by atoms with Gasteiger partial charge < -0.3 is 9.80 Å². The molecule has 0 spiro atoms. The number of anilines is 2. The van der Waals surface area contributed by atoms with Gasteiger partial charge in [0.15, 0.2) is 5.65 Å². The Morgan fingerprint density at radius 3 is 2.52 bits per heavy atom. The van der Waals surface area contributed by atoms with Crippen LogP contribution in [0.2, 0.25) is 10.0 Å². The van der Waals surface area contributed by atoms with Crippen LogP contribution in [0.3, 0.4) is 0 Å². The molecule has 0 amide bonds. The first-order valence-corrected chi connectivity index (χ1v) is 10.6. The third-order valence-corrected chi connectivity index (χ3v) is 6.25. The number of piperazine rings is 1. The van der Waals surface area contributed by atoms with Gasteiger partial charge in [-0.3, -0.25) is 14.3 Å². The summed E-state index contributed by atoms with van der Waals surface area (Å²) in [6.07, 6.45) is 6.43. The standard InChI is InChI=1S/C22H18Cl2N6O/c23-17-4-1-5-18(19(17)24)28-9-11-29(12-10-28)20-16-6-8-30(21(16)27-14-26-20)22(31)15-3-2-7-25-13-15/h1-8,13-14H,9-12H2. The summed E-state index contributed by atoms with van der Waals surface area (Å²) in [5, 5.41) is 1.97. The monoisotopic (exact) mass is 452 g/mol. The van der Waals surface area contributed by atoms with E-state index in [1.54, 1.807) is 41.4 Å². The Balaban J connectivity index is 1.40. The van der Waals surface area contributed by atoms with Crippen molar-refractivity contribution in [3.8, 4) is 0 Å². The SMILES string of the molecule is O=C(c1cccnc1)n1ccc2c(N3CCN(c4cccc(Cl)c4Cl)CC3)ncnc21. The maximum absolute atomic E-state index is 12.9. The first kappa shape index (κ1) is 19.8. The summed E-state index contributed by atoms with van der Waals surface area (Å²) in [4.78, 5) is 30.2. The van der Waals surface area contributed by atoms with E-state index >= 15 is 0 Å². The van der Waals surface area contributed by atoms with Crippen molar-refractivity contribution in [3.63, 3.8) is 0 Å². The third-order valence-electron chi connectivity index (χ3n) is 5.44. The molecule has 0 saturated carbocycles. The van der Waals surface area contributed by atoms with Gasteiger partial charge in [-0.25, -0.2) is 9.97 Å². The first-order chi connectivity index (χ1) is 15.1. The summed E-state index contributed by atoms with van der Waals surface area (Å²) in [7, 11) is 0. The van der Waals surface area contributed by atoms with Crippen molar-refractivity contribution in [3.05, 3.63) is 76.9 Å². The van der Waals surface area contributed by atoms with Crippen LogP contribution in [0.15, 0.2) is 61.3 Å². The van der Waals surface area contributed by atoms with Gasteiger partial charge in [-0.05, 0) is 30.3 Å². The largest absolute Gasteiger partial charge is 0.367 e. The molecule has 1 aliphatic heterocycles. The van der Waals surface area contributed by atoms with Gasteiger partial charge >= 0.3 is 0 Å². The van der Waals surface area contributed by atoms with E-state index < -0.39 is 0 Å². The molecule has 31 heavy (non-hydrogen) atoms. The van der Waals surface area contributed by atoms with Crippen molar-refractivity contribution in [2.24, 2.45) is 0 Å². The van der Waals surface area contributed by atoms with E-state index in [2.05, 4.69) is 24.8 Å². The lowest BCUT2D eigenvalue weighted by Crippen LogP contribution is -2.47. The molecule has 1 saturated heterocycles. The molecule has 1 aromatic carbocycles. The Bertz CT molecular complexity index is 1250. The zero-order valence-electron chi connectivity index (χ0n) is 16.4. The molecular weight excluding hydrogens is 435 g/mol. The molecule has 1 fully saturated rings. The molecule has 3 aromatic heterocycles. The molecule has 0 radical (unpaired) electrons. The van der Waals surface area contributed by atoms with E-state index in [9.17, 15) is 4.79 Å². The fourth-order valence-electron chi connectivity index (χ4n) is 3.88. The summed E-state index contributed by atoms with van der Waals surface area (Å²) in [6.45, 7) is 3.08. The number of rotatable bonds is 3. The fourth-order valence-corrected chi connectivity index (χ4v) is 4.29. The summed E-state index contributed by atoms with van der Waals surface area (Å²) < 4.78 is 1.54. The van der Waals surface area contributed by atoms with E-state index in [-0.39, 0.29) is 5.91 Å². The van der Waals surface area contributed by atoms with Crippen LogP contribution >= 0.6 is 23.2 Å². The topological polar surface area (TPSA) is 67.2 Å².